The van der Waals surface area contributed by atoms with Gasteiger partial charge in [0.2, 0.25) is 0 Å². The van der Waals surface area contributed by atoms with Gasteiger partial charge in [-0.1, -0.05) is 36.4 Å². The molecule has 4 heteroatoms. The lowest BCUT2D eigenvalue weighted by atomic mass is 10.2. The van der Waals surface area contributed by atoms with Gasteiger partial charge in [0.15, 0.2) is 0 Å². The van der Waals surface area contributed by atoms with E-state index in [1.165, 1.54) is 0 Å². The number of aromatic nitrogens is 2. The van der Waals surface area contributed by atoms with Crippen molar-refractivity contribution in [2.45, 2.75) is 6.92 Å². The second-order valence-corrected chi connectivity index (χ2v) is 5.09. The Morgan fingerprint density at radius 1 is 1.00 bits per heavy atom. The van der Waals surface area contributed by atoms with Gasteiger partial charge >= 0.3 is 0 Å². The fourth-order valence-electron chi connectivity index (χ4n) is 2.40. The highest BCUT2D eigenvalue weighted by Gasteiger charge is 2.19. The lowest BCUT2D eigenvalue weighted by Gasteiger charge is -2.17. The summed E-state index contributed by atoms with van der Waals surface area (Å²) < 4.78 is 1.78. The number of carbonyl (C=O) groups is 1. The minimum Gasteiger partial charge on any atom is -0.311 e. The first-order chi connectivity index (χ1) is 10.7. The standard InChI is InChI=1S/C18H17N3O/c1-14-17(13-19-21(14)16-11-7-4-8-12-16)18(22)20(2)15-9-5-3-6-10-15/h3-13H,1-2H3. The molecule has 0 saturated carbocycles. The Morgan fingerprint density at radius 2 is 1.59 bits per heavy atom. The van der Waals surface area contributed by atoms with Crippen molar-refractivity contribution >= 4 is 11.6 Å². The molecule has 110 valence electrons. The maximum atomic E-state index is 12.7. The minimum absolute atomic E-state index is 0.0640. The molecule has 3 rings (SSSR count). The van der Waals surface area contributed by atoms with E-state index in [1.807, 2.05) is 67.6 Å². The second kappa shape index (κ2) is 5.85. The molecule has 0 aliphatic carbocycles. The lowest BCUT2D eigenvalue weighted by molar-refractivity contribution is 0.0992. The topological polar surface area (TPSA) is 38.1 Å². The van der Waals surface area contributed by atoms with Crippen LogP contribution in [0.3, 0.4) is 0 Å². The summed E-state index contributed by atoms with van der Waals surface area (Å²) in [5.74, 6) is -0.0640. The van der Waals surface area contributed by atoms with Crippen molar-refractivity contribution < 1.29 is 4.79 Å². The van der Waals surface area contributed by atoms with Crippen molar-refractivity contribution in [2.75, 3.05) is 11.9 Å². The van der Waals surface area contributed by atoms with Crippen LogP contribution >= 0.6 is 0 Å². The molecule has 0 bridgehead atoms. The highest BCUT2D eigenvalue weighted by atomic mass is 16.2. The first-order valence-corrected chi connectivity index (χ1v) is 7.11. The van der Waals surface area contributed by atoms with Crippen molar-refractivity contribution in [1.29, 1.82) is 0 Å². The van der Waals surface area contributed by atoms with Gasteiger partial charge in [-0.05, 0) is 31.2 Å². The van der Waals surface area contributed by atoms with Crippen molar-refractivity contribution in [2.24, 2.45) is 0 Å². The van der Waals surface area contributed by atoms with Crippen molar-refractivity contribution in [3.8, 4) is 5.69 Å². The van der Waals surface area contributed by atoms with Gasteiger partial charge in [-0.2, -0.15) is 5.10 Å². The predicted molar refractivity (Wildman–Crippen MR) is 87.5 cm³/mol. The van der Waals surface area contributed by atoms with Gasteiger partial charge in [0.25, 0.3) is 5.91 Å². The third-order valence-corrected chi connectivity index (χ3v) is 3.69. The van der Waals surface area contributed by atoms with E-state index in [0.717, 1.165) is 17.1 Å². The average molecular weight is 291 g/mol. The number of nitrogens with zero attached hydrogens (tertiary/aromatic N) is 3. The molecular formula is C18H17N3O. The van der Waals surface area contributed by atoms with E-state index < -0.39 is 0 Å². The van der Waals surface area contributed by atoms with Gasteiger partial charge in [0.05, 0.1) is 23.1 Å². The molecule has 0 fully saturated rings. The molecule has 0 aliphatic rings. The Kier molecular flexibility index (Phi) is 3.74. The third-order valence-electron chi connectivity index (χ3n) is 3.69. The van der Waals surface area contributed by atoms with E-state index in [-0.39, 0.29) is 5.91 Å². The molecule has 0 radical (unpaired) electrons. The second-order valence-electron chi connectivity index (χ2n) is 5.09. The number of anilines is 1. The first-order valence-electron chi connectivity index (χ1n) is 7.11. The SMILES string of the molecule is Cc1c(C(=O)N(C)c2ccccc2)cnn1-c1ccccc1. The summed E-state index contributed by atoms with van der Waals surface area (Å²) in [5, 5.41) is 4.35. The lowest BCUT2D eigenvalue weighted by Crippen LogP contribution is -2.26. The van der Waals surface area contributed by atoms with Crippen molar-refractivity contribution in [3.05, 3.63) is 78.1 Å². The summed E-state index contributed by atoms with van der Waals surface area (Å²) in [4.78, 5) is 14.3. The molecule has 0 aliphatic heterocycles. The van der Waals surface area contributed by atoms with E-state index in [1.54, 1.807) is 22.8 Å². The van der Waals surface area contributed by atoms with Crippen LogP contribution in [0.15, 0.2) is 66.9 Å². The van der Waals surface area contributed by atoms with Crippen molar-refractivity contribution in [3.63, 3.8) is 0 Å². The molecule has 0 atom stereocenters. The average Bonchev–Trinajstić information content (AvgIpc) is 2.96. The molecule has 0 saturated heterocycles. The monoisotopic (exact) mass is 291 g/mol. The molecule has 4 nitrogen and oxygen atoms in total. The summed E-state index contributed by atoms with van der Waals surface area (Å²) in [5.41, 5.74) is 3.25. The van der Waals surface area contributed by atoms with Crippen molar-refractivity contribution in [1.82, 2.24) is 9.78 Å². The van der Waals surface area contributed by atoms with E-state index in [0.29, 0.717) is 5.56 Å². The number of rotatable bonds is 3. The smallest absolute Gasteiger partial charge is 0.261 e. The maximum absolute atomic E-state index is 12.7. The molecule has 1 amide bonds. The number of benzene rings is 2. The third kappa shape index (κ3) is 2.51. The van der Waals surface area contributed by atoms with Crippen LogP contribution in [0.1, 0.15) is 16.1 Å². The summed E-state index contributed by atoms with van der Waals surface area (Å²) in [6.45, 7) is 1.91. The summed E-state index contributed by atoms with van der Waals surface area (Å²) in [6, 6.07) is 19.4. The Morgan fingerprint density at radius 3 is 2.23 bits per heavy atom. The number of hydrogen-bond donors (Lipinski definition) is 0. The fraction of sp³-hybridized carbons (Fsp3) is 0.111. The normalized spacial score (nSPS) is 10.5. The Balaban J connectivity index is 1.93. The molecule has 1 aromatic heterocycles. The molecule has 3 aromatic rings. The van der Waals surface area contributed by atoms with Crippen LogP contribution in [-0.2, 0) is 0 Å². The van der Waals surface area contributed by atoms with Gasteiger partial charge in [-0.3, -0.25) is 4.79 Å². The summed E-state index contributed by atoms with van der Waals surface area (Å²) in [7, 11) is 1.77. The Labute approximate surface area is 129 Å². The van der Waals surface area contributed by atoms with Gasteiger partial charge in [0.1, 0.15) is 0 Å². The molecule has 0 spiro atoms. The number of amides is 1. The van der Waals surface area contributed by atoms with Crippen LogP contribution in [0.25, 0.3) is 5.69 Å². The van der Waals surface area contributed by atoms with Gasteiger partial charge in [-0.15, -0.1) is 0 Å². The quantitative estimate of drug-likeness (QED) is 0.741. The van der Waals surface area contributed by atoms with Crippen LogP contribution in [0.4, 0.5) is 5.69 Å². The van der Waals surface area contributed by atoms with E-state index in [4.69, 9.17) is 0 Å². The predicted octanol–water partition coefficient (Wildman–Crippen LogP) is 3.46. The van der Waals surface area contributed by atoms with E-state index in [2.05, 4.69) is 5.10 Å². The van der Waals surface area contributed by atoms with E-state index >= 15 is 0 Å². The summed E-state index contributed by atoms with van der Waals surface area (Å²) in [6.07, 6.45) is 1.63. The molecule has 0 unspecified atom stereocenters. The Hall–Kier alpha value is -2.88. The number of para-hydroxylation sites is 2. The first kappa shape index (κ1) is 14.1. The number of hydrogen-bond acceptors (Lipinski definition) is 2. The molecular weight excluding hydrogens is 274 g/mol. The van der Waals surface area contributed by atoms with Gasteiger partial charge < -0.3 is 4.90 Å². The number of carbonyl (C=O) groups excluding carboxylic acids is 1. The highest BCUT2D eigenvalue weighted by molar-refractivity contribution is 6.06. The van der Waals surface area contributed by atoms with Crippen LogP contribution in [0.5, 0.6) is 0 Å². The van der Waals surface area contributed by atoms with Crippen LogP contribution in [0, 0.1) is 6.92 Å². The highest BCUT2D eigenvalue weighted by Crippen LogP contribution is 2.19. The zero-order valence-electron chi connectivity index (χ0n) is 12.6. The minimum atomic E-state index is -0.0640. The molecule has 1 heterocycles. The van der Waals surface area contributed by atoms with Gasteiger partial charge in [0, 0.05) is 12.7 Å². The molecule has 22 heavy (non-hydrogen) atoms. The van der Waals surface area contributed by atoms with E-state index in [9.17, 15) is 4.79 Å². The fourth-order valence-corrected chi connectivity index (χ4v) is 2.40. The molecule has 2 aromatic carbocycles. The zero-order valence-corrected chi connectivity index (χ0v) is 12.6. The van der Waals surface area contributed by atoms with Crippen LogP contribution < -0.4 is 4.90 Å². The largest absolute Gasteiger partial charge is 0.311 e. The van der Waals surface area contributed by atoms with Crippen LogP contribution in [-0.4, -0.2) is 22.7 Å². The van der Waals surface area contributed by atoms with Crippen LogP contribution in [0.2, 0.25) is 0 Å². The van der Waals surface area contributed by atoms with Gasteiger partial charge in [-0.25, -0.2) is 4.68 Å². The Bertz CT molecular complexity index is 779. The molecule has 0 N–H and O–H groups in total. The summed E-state index contributed by atoms with van der Waals surface area (Å²) >= 11 is 0. The zero-order chi connectivity index (χ0) is 15.5. The maximum Gasteiger partial charge on any atom is 0.261 e.